The molecule has 1 aromatic carbocycles. The molecule has 0 aliphatic rings. The van der Waals surface area contributed by atoms with Gasteiger partial charge in [-0.25, -0.2) is 9.67 Å². The SMILES string of the molecule is CC(C)c1cc(C(=O)NNC(=O)c2ccccc2)c2cnn(C(C)C)c2n1. The standard InChI is InChI=1S/C20H23N5O2/c1-12(2)17-10-15(16-11-21-25(13(3)4)18(16)22-17)20(27)24-23-19(26)14-8-6-5-7-9-14/h5-13H,1-4H3,(H,23,26)(H,24,27). The zero-order valence-electron chi connectivity index (χ0n) is 15.9. The molecule has 0 spiro atoms. The van der Waals surface area contributed by atoms with Crippen LogP contribution >= 0.6 is 0 Å². The number of pyridine rings is 1. The highest BCUT2D eigenvalue weighted by molar-refractivity contribution is 6.06. The normalized spacial score (nSPS) is 11.2. The van der Waals surface area contributed by atoms with Crippen LogP contribution in [0.3, 0.4) is 0 Å². The van der Waals surface area contributed by atoms with E-state index in [1.165, 1.54) is 0 Å². The first-order valence-electron chi connectivity index (χ1n) is 8.92. The molecule has 140 valence electrons. The molecule has 2 amide bonds. The van der Waals surface area contributed by atoms with Crippen LogP contribution in [0.25, 0.3) is 11.0 Å². The molecule has 7 nitrogen and oxygen atoms in total. The van der Waals surface area contributed by atoms with E-state index in [1.807, 2.05) is 33.8 Å². The Hall–Kier alpha value is -3.22. The molecule has 0 saturated heterocycles. The van der Waals surface area contributed by atoms with Crippen LogP contribution < -0.4 is 10.9 Å². The van der Waals surface area contributed by atoms with Crippen molar-refractivity contribution >= 4 is 22.8 Å². The number of amides is 2. The first-order chi connectivity index (χ1) is 12.9. The molecule has 0 saturated carbocycles. The van der Waals surface area contributed by atoms with Crippen LogP contribution in [-0.4, -0.2) is 26.6 Å². The number of carbonyl (C=O) groups is 2. The summed E-state index contributed by atoms with van der Waals surface area (Å²) in [6.45, 7) is 8.05. The lowest BCUT2D eigenvalue weighted by Gasteiger charge is -2.12. The van der Waals surface area contributed by atoms with Crippen molar-refractivity contribution in [3.63, 3.8) is 0 Å². The summed E-state index contributed by atoms with van der Waals surface area (Å²) in [7, 11) is 0. The molecule has 2 heterocycles. The molecular formula is C20H23N5O2. The van der Waals surface area contributed by atoms with Crippen LogP contribution in [0.5, 0.6) is 0 Å². The molecule has 7 heteroatoms. The maximum Gasteiger partial charge on any atom is 0.270 e. The van der Waals surface area contributed by atoms with Gasteiger partial charge < -0.3 is 0 Å². The van der Waals surface area contributed by atoms with E-state index >= 15 is 0 Å². The smallest absolute Gasteiger partial charge is 0.267 e. The average Bonchev–Trinajstić information content (AvgIpc) is 3.10. The minimum absolute atomic E-state index is 0.117. The van der Waals surface area contributed by atoms with Crippen LogP contribution in [-0.2, 0) is 0 Å². The third-order valence-corrected chi connectivity index (χ3v) is 4.24. The van der Waals surface area contributed by atoms with Crippen molar-refractivity contribution in [1.29, 1.82) is 0 Å². The second-order valence-corrected chi connectivity index (χ2v) is 6.94. The first kappa shape index (κ1) is 18.6. The van der Waals surface area contributed by atoms with E-state index in [4.69, 9.17) is 0 Å². The lowest BCUT2D eigenvalue weighted by molar-refractivity contribution is 0.0847. The lowest BCUT2D eigenvalue weighted by atomic mass is 10.1. The van der Waals surface area contributed by atoms with E-state index in [0.29, 0.717) is 22.2 Å². The molecule has 2 aromatic heterocycles. The Balaban J connectivity index is 1.90. The molecule has 3 rings (SSSR count). The van der Waals surface area contributed by atoms with Crippen molar-refractivity contribution in [1.82, 2.24) is 25.6 Å². The van der Waals surface area contributed by atoms with E-state index in [2.05, 4.69) is 20.9 Å². The van der Waals surface area contributed by atoms with Crippen LogP contribution in [0.1, 0.15) is 66.1 Å². The van der Waals surface area contributed by atoms with Gasteiger partial charge in [0.15, 0.2) is 5.65 Å². The summed E-state index contributed by atoms with van der Waals surface area (Å²) < 4.78 is 1.79. The second kappa shape index (κ2) is 7.57. The molecular weight excluding hydrogens is 342 g/mol. The topological polar surface area (TPSA) is 88.9 Å². The van der Waals surface area contributed by atoms with Gasteiger partial charge in [0.2, 0.25) is 0 Å². The van der Waals surface area contributed by atoms with E-state index in [1.54, 1.807) is 41.2 Å². The molecule has 27 heavy (non-hydrogen) atoms. The van der Waals surface area contributed by atoms with Crippen molar-refractivity contribution in [2.75, 3.05) is 0 Å². The van der Waals surface area contributed by atoms with Gasteiger partial charge in [-0.1, -0.05) is 32.0 Å². The van der Waals surface area contributed by atoms with Crippen LogP contribution in [0, 0.1) is 0 Å². The van der Waals surface area contributed by atoms with Gasteiger partial charge in [0.1, 0.15) is 0 Å². The summed E-state index contributed by atoms with van der Waals surface area (Å²) in [5.41, 5.74) is 7.30. The number of aromatic nitrogens is 3. The fourth-order valence-electron chi connectivity index (χ4n) is 2.74. The zero-order chi connectivity index (χ0) is 19.6. The van der Waals surface area contributed by atoms with E-state index < -0.39 is 5.91 Å². The Kier molecular flexibility index (Phi) is 5.21. The van der Waals surface area contributed by atoms with Gasteiger partial charge in [0.05, 0.1) is 17.1 Å². The molecule has 0 bridgehead atoms. The number of nitrogens with one attached hydrogen (secondary N) is 2. The Morgan fingerprint density at radius 1 is 1.00 bits per heavy atom. The molecule has 0 aliphatic heterocycles. The molecule has 2 N–H and O–H groups in total. The summed E-state index contributed by atoms with van der Waals surface area (Å²) in [6, 6.07) is 10.6. The van der Waals surface area contributed by atoms with Gasteiger partial charge in [-0.05, 0) is 38.0 Å². The molecule has 0 fully saturated rings. The van der Waals surface area contributed by atoms with Gasteiger partial charge in [0, 0.05) is 17.3 Å². The van der Waals surface area contributed by atoms with E-state index in [0.717, 1.165) is 5.69 Å². The Morgan fingerprint density at radius 3 is 2.30 bits per heavy atom. The number of carbonyl (C=O) groups excluding carboxylic acids is 2. The maximum absolute atomic E-state index is 12.8. The lowest BCUT2D eigenvalue weighted by Crippen LogP contribution is -2.41. The highest BCUT2D eigenvalue weighted by atomic mass is 16.2. The number of hydrogen-bond acceptors (Lipinski definition) is 4. The summed E-state index contributed by atoms with van der Waals surface area (Å²) >= 11 is 0. The number of benzene rings is 1. The molecule has 3 aromatic rings. The Labute approximate surface area is 157 Å². The third-order valence-electron chi connectivity index (χ3n) is 4.24. The quantitative estimate of drug-likeness (QED) is 0.695. The average molecular weight is 365 g/mol. The number of fused-ring (bicyclic) bond motifs is 1. The minimum Gasteiger partial charge on any atom is -0.267 e. The van der Waals surface area contributed by atoms with E-state index in [-0.39, 0.29) is 17.9 Å². The van der Waals surface area contributed by atoms with Crippen molar-refractivity contribution in [2.24, 2.45) is 0 Å². The van der Waals surface area contributed by atoms with Crippen LogP contribution in [0.4, 0.5) is 0 Å². The number of hydrazine groups is 1. The van der Waals surface area contributed by atoms with Crippen LogP contribution in [0.2, 0.25) is 0 Å². The number of hydrogen-bond donors (Lipinski definition) is 2. The molecule has 0 atom stereocenters. The fraction of sp³-hybridized carbons (Fsp3) is 0.300. The first-order valence-corrected chi connectivity index (χ1v) is 8.92. The molecule has 0 aliphatic carbocycles. The summed E-state index contributed by atoms with van der Waals surface area (Å²) in [4.78, 5) is 29.6. The highest BCUT2D eigenvalue weighted by Crippen LogP contribution is 2.24. The van der Waals surface area contributed by atoms with Crippen molar-refractivity contribution < 1.29 is 9.59 Å². The second-order valence-electron chi connectivity index (χ2n) is 6.94. The maximum atomic E-state index is 12.8. The Bertz CT molecular complexity index is 977. The van der Waals surface area contributed by atoms with Gasteiger partial charge in [-0.3, -0.25) is 20.4 Å². The van der Waals surface area contributed by atoms with Gasteiger partial charge in [-0.2, -0.15) is 5.10 Å². The van der Waals surface area contributed by atoms with Gasteiger partial charge in [0.25, 0.3) is 11.8 Å². The number of rotatable bonds is 4. The fourth-order valence-corrected chi connectivity index (χ4v) is 2.74. The largest absolute Gasteiger partial charge is 0.270 e. The monoisotopic (exact) mass is 365 g/mol. The van der Waals surface area contributed by atoms with Crippen LogP contribution in [0.15, 0.2) is 42.6 Å². The summed E-state index contributed by atoms with van der Waals surface area (Å²) in [5, 5.41) is 5.02. The highest BCUT2D eigenvalue weighted by Gasteiger charge is 2.19. The number of nitrogens with zero attached hydrogens (tertiary/aromatic N) is 3. The molecule has 0 unspecified atom stereocenters. The predicted octanol–water partition coefficient (Wildman–Crippen LogP) is 3.21. The van der Waals surface area contributed by atoms with Crippen molar-refractivity contribution in [3.05, 3.63) is 59.4 Å². The van der Waals surface area contributed by atoms with Crippen molar-refractivity contribution in [2.45, 2.75) is 39.7 Å². The third kappa shape index (κ3) is 3.81. The zero-order valence-corrected chi connectivity index (χ0v) is 15.9. The summed E-state index contributed by atoms with van der Waals surface area (Å²) in [5.74, 6) is -0.636. The molecule has 0 radical (unpaired) electrons. The Morgan fingerprint density at radius 2 is 1.67 bits per heavy atom. The van der Waals surface area contributed by atoms with Crippen molar-refractivity contribution in [3.8, 4) is 0 Å². The van der Waals surface area contributed by atoms with Gasteiger partial charge >= 0.3 is 0 Å². The summed E-state index contributed by atoms with van der Waals surface area (Å²) in [6.07, 6.45) is 1.64. The minimum atomic E-state index is -0.406. The van der Waals surface area contributed by atoms with Gasteiger partial charge in [-0.15, -0.1) is 0 Å². The van der Waals surface area contributed by atoms with E-state index in [9.17, 15) is 9.59 Å². The predicted molar refractivity (Wildman–Crippen MR) is 103 cm³/mol.